The number of hydrogen-bond acceptors (Lipinski definition) is 2. The molecule has 4 heteroatoms. The third kappa shape index (κ3) is 2.49. The predicted molar refractivity (Wildman–Crippen MR) is 93.1 cm³/mol. The number of benzene rings is 1. The highest BCUT2D eigenvalue weighted by Gasteiger charge is 2.39. The predicted octanol–water partition coefficient (Wildman–Crippen LogP) is 4.95. The molecule has 22 heavy (non-hydrogen) atoms. The van der Waals surface area contributed by atoms with E-state index in [2.05, 4.69) is 13.8 Å². The maximum absolute atomic E-state index is 13.0. The van der Waals surface area contributed by atoms with Crippen LogP contribution >= 0.6 is 22.9 Å². The Hall–Kier alpha value is -1.58. The molecule has 0 N–H and O–H groups in total. The number of rotatable bonds is 3. The number of carbonyl (C=O) groups is 1. The van der Waals surface area contributed by atoms with Crippen molar-refractivity contribution in [3.8, 4) is 0 Å². The van der Waals surface area contributed by atoms with Crippen LogP contribution < -0.4 is 0 Å². The maximum Gasteiger partial charge on any atom is 0.255 e. The Morgan fingerprint density at radius 1 is 1.27 bits per heavy atom. The summed E-state index contributed by atoms with van der Waals surface area (Å²) in [5, 5.41) is 4.74. The molecule has 3 rings (SSSR count). The van der Waals surface area contributed by atoms with E-state index in [1.807, 2.05) is 52.9 Å². The van der Waals surface area contributed by atoms with Crippen molar-refractivity contribution in [3.63, 3.8) is 0 Å². The van der Waals surface area contributed by atoms with Gasteiger partial charge in [0, 0.05) is 17.1 Å². The van der Waals surface area contributed by atoms with E-state index >= 15 is 0 Å². The van der Waals surface area contributed by atoms with Gasteiger partial charge in [0.05, 0.1) is 5.54 Å². The fraction of sp³-hybridized carbons (Fsp3) is 0.278. The van der Waals surface area contributed by atoms with Gasteiger partial charge >= 0.3 is 0 Å². The average molecular weight is 332 g/mol. The molecule has 0 bridgehead atoms. The molecule has 1 aliphatic heterocycles. The van der Waals surface area contributed by atoms with Gasteiger partial charge in [0.25, 0.3) is 5.91 Å². The van der Waals surface area contributed by atoms with Crippen molar-refractivity contribution in [3.05, 3.63) is 62.8 Å². The van der Waals surface area contributed by atoms with Crippen molar-refractivity contribution in [2.45, 2.75) is 26.3 Å². The van der Waals surface area contributed by atoms with Crippen LogP contribution in [0.25, 0.3) is 5.57 Å². The van der Waals surface area contributed by atoms with Crippen molar-refractivity contribution >= 4 is 34.4 Å². The lowest BCUT2D eigenvalue weighted by molar-refractivity contribution is -0.128. The molecular formula is C18H18ClNOS. The molecule has 0 aliphatic carbocycles. The number of halogens is 1. The average Bonchev–Trinajstić information content (AvgIpc) is 3.07. The second-order valence-electron chi connectivity index (χ2n) is 6.13. The molecule has 0 fully saturated rings. The van der Waals surface area contributed by atoms with Crippen LogP contribution in [0.2, 0.25) is 5.02 Å². The molecule has 0 radical (unpaired) electrons. The molecule has 1 aliphatic rings. The van der Waals surface area contributed by atoms with Gasteiger partial charge < -0.3 is 4.90 Å². The van der Waals surface area contributed by atoms with E-state index in [-0.39, 0.29) is 5.91 Å². The zero-order valence-corrected chi connectivity index (χ0v) is 14.5. The number of carbonyl (C=O) groups excluding carboxylic acids is 1. The summed E-state index contributed by atoms with van der Waals surface area (Å²) >= 11 is 7.74. The highest BCUT2D eigenvalue weighted by molar-refractivity contribution is 7.08. The Morgan fingerprint density at radius 3 is 2.68 bits per heavy atom. The number of amides is 1. The molecule has 0 spiro atoms. The van der Waals surface area contributed by atoms with Crippen molar-refractivity contribution in [1.82, 2.24) is 4.90 Å². The Morgan fingerprint density at radius 2 is 2.05 bits per heavy atom. The Kier molecular flexibility index (Phi) is 3.87. The van der Waals surface area contributed by atoms with Crippen LogP contribution in [0.1, 0.15) is 31.9 Å². The van der Waals surface area contributed by atoms with Crippen LogP contribution in [-0.4, -0.2) is 17.4 Å². The summed E-state index contributed by atoms with van der Waals surface area (Å²) in [5.74, 6) is 0.0980. The summed E-state index contributed by atoms with van der Waals surface area (Å²) < 4.78 is 0. The third-order valence-electron chi connectivity index (χ3n) is 4.30. The third-order valence-corrected chi connectivity index (χ3v) is 5.22. The topological polar surface area (TPSA) is 20.3 Å². The Labute approximate surface area is 140 Å². The standard InChI is InChI=1S/C18H18ClNOS/c1-12-10-20(17(21)16(12)13-7-8-22-11-13)18(2,3)14-5-4-6-15(19)9-14/h4-9,11H,10H2,1-3H3. The van der Waals surface area contributed by atoms with Gasteiger partial charge in [0.15, 0.2) is 0 Å². The summed E-state index contributed by atoms with van der Waals surface area (Å²) in [6.45, 7) is 6.84. The first kappa shape index (κ1) is 15.3. The number of thiophene rings is 1. The Bertz CT molecular complexity index is 746. The van der Waals surface area contributed by atoms with Crippen molar-refractivity contribution in [1.29, 1.82) is 0 Å². The molecule has 2 nitrogen and oxygen atoms in total. The summed E-state index contributed by atoms with van der Waals surface area (Å²) in [6.07, 6.45) is 0. The largest absolute Gasteiger partial charge is 0.325 e. The van der Waals surface area contributed by atoms with Gasteiger partial charge in [-0.15, -0.1) is 0 Å². The van der Waals surface area contributed by atoms with E-state index in [9.17, 15) is 4.79 Å². The first-order chi connectivity index (χ1) is 10.4. The second kappa shape index (κ2) is 5.56. The van der Waals surface area contributed by atoms with Crippen molar-refractivity contribution in [2.24, 2.45) is 0 Å². The van der Waals surface area contributed by atoms with E-state index in [0.717, 1.165) is 22.3 Å². The van der Waals surface area contributed by atoms with E-state index < -0.39 is 5.54 Å². The highest BCUT2D eigenvalue weighted by Crippen LogP contribution is 2.38. The van der Waals surface area contributed by atoms with Gasteiger partial charge in [-0.25, -0.2) is 0 Å². The van der Waals surface area contributed by atoms with Gasteiger partial charge in [-0.3, -0.25) is 4.79 Å². The number of nitrogens with zero attached hydrogens (tertiary/aromatic N) is 1. The van der Waals surface area contributed by atoms with Crippen LogP contribution in [0.4, 0.5) is 0 Å². The highest BCUT2D eigenvalue weighted by atomic mass is 35.5. The quantitative estimate of drug-likeness (QED) is 0.779. The molecule has 0 atom stereocenters. The number of hydrogen-bond donors (Lipinski definition) is 0. The van der Waals surface area contributed by atoms with E-state index in [1.165, 1.54) is 0 Å². The monoisotopic (exact) mass is 331 g/mol. The summed E-state index contributed by atoms with van der Waals surface area (Å²) in [5.41, 5.74) is 3.64. The molecule has 0 unspecified atom stereocenters. The zero-order valence-electron chi connectivity index (χ0n) is 12.9. The first-order valence-corrected chi connectivity index (χ1v) is 8.53. The van der Waals surface area contributed by atoms with Crippen LogP contribution in [0.15, 0.2) is 46.7 Å². The van der Waals surface area contributed by atoms with Gasteiger partial charge in [-0.1, -0.05) is 23.7 Å². The lowest BCUT2D eigenvalue weighted by Crippen LogP contribution is -2.43. The zero-order chi connectivity index (χ0) is 15.9. The molecular weight excluding hydrogens is 314 g/mol. The summed E-state index contributed by atoms with van der Waals surface area (Å²) in [4.78, 5) is 14.9. The lowest BCUT2D eigenvalue weighted by Gasteiger charge is -2.36. The first-order valence-electron chi connectivity index (χ1n) is 7.21. The molecule has 2 heterocycles. The molecule has 2 aromatic rings. The van der Waals surface area contributed by atoms with E-state index in [4.69, 9.17) is 11.6 Å². The van der Waals surface area contributed by atoms with E-state index in [0.29, 0.717) is 11.6 Å². The molecule has 0 saturated heterocycles. The van der Waals surface area contributed by atoms with Crippen LogP contribution in [0, 0.1) is 0 Å². The minimum absolute atomic E-state index is 0.0980. The fourth-order valence-electron chi connectivity index (χ4n) is 2.96. The SMILES string of the molecule is CC1=C(c2ccsc2)C(=O)N(C(C)(C)c2cccc(Cl)c2)C1. The Balaban J connectivity index is 1.96. The summed E-state index contributed by atoms with van der Waals surface area (Å²) in [6, 6.07) is 9.76. The molecule has 114 valence electrons. The van der Waals surface area contributed by atoms with Gasteiger partial charge in [0.1, 0.15) is 0 Å². The van der Waals surface area contributed by atoms with Crippen molar-refractivity contribution < 1.29 is 4.79 Å². The van der Waals surface area contributed by atoms with Crippen LogP contribution in [0.5, 0.6) is 0 Å². The molecule has 1 aromatic heterocycles. The normalized spacial score (nSPS) is 15.8. The van der Waals surface area contributed by atoms with Gasteiger partial charge in [-0.2, -0.15) is 11.3 Å². The fourth-order valence-corrected chi connectivity index (χ4v) is 3.80. The van der Waals surface area contributed by atoms with Crippen LogP contribution in [0.3, 0.4) is 0 Å². The van der Waals surface area contributed by atoms with Gasteiger partial charge in [-0.05, 0) is 66.4 Å². The summed E-state index contributed by atoms with van der Waals surface area (Å²) in [7, 11) is 0. The maximum atomic E-state index is 13.0. The smallest absolute Gasteiger partial charge is 0.255 e. The molecule has 1 aromatic carbocycles. The van der Waals surface area contributed by atoms with Gasteiger partial charge in [0.2, 0.25) is 0 Å². The lowest BCUT2D eigenvalue weighted by atomic mass is 9.92. The van der Waals surface area contributed by atoms with Crippen molar-refractivity contribution in [2.75, 3.05) is 6.54 Å². The molecule has 0 saturated carbocycles. The van der Waals surface area contributed by atoms with Crippen LogP contribution in [-0.2, 0) is 10.3 Å². The van der Waals surface area contributed by atoms with E-state index in [1.54, 1.807) is 11.3 Å². The minimum atomic E-state index is -0.402. The second-order valence-corrected chi connectivity index (χ2v) is 7.34. The minimum Gasteiger partial charge on any atom is -0.325 e. The molecule has 1 amide bonds.